The number of amides is 1. The van der Waals surface area contributed by atoms with Gasteiger partial charge in [-0.1, -0.05) is 35.9 Å². The van der Waals surface area contributed by atoms with Crippen LogP contribution in [0.2, 0.25) is 5.02 Å². The van der Waals surface area contributed by atoms with E-state index in [9.17, 15) is 14.7 Å². The van der Waals surface area contributed by atoms with Gasteiger partial charge in [0.05, 0.1) is 12.1 Å². The summed E-state index contributed by atoms with van der Waals surface area (Å²) in [6, 6.07) is 18.0. The molecule has 0 radical (unpaired) electrons. The van der Waals surface area contributed by atoms with E-state index in [1.165, 1.54) is 0 Å². The summed E-state index contributed by atoms with van der Waals surface area (Å²) < 4.78 is 11.5. The number of nitrogens with one attached hydrogen (secondary N) is 2. The Morgan fingerprint density at radius 1 is 1.08 bits per heavy atom. The van der Waals surface area contributed by atoms with Gasteiger partial charge in [0.25, 0.3) is 11.5 Å². The van der Waals surface area contributed by atoms with E-state index in [0.29, 0.717) is 61.3 Å². The number of halogens is 1. The van der Waals surface area contributed by atoms with Crippen LogP contribution in [-0.4, -0.2) is 53.2 Å². The molecule has 2 aromatic carbocycles. The maximum atomic E-state index is 12.6. The fraction of sp³-hybridized carbons (Fsp3) is 0.333. The van der Waals surface area contributed by atoms with E-state index in [2.05, 4.69) is 15.2 Å². The lowest BCUT2D eigenvalue weighted by molar-refractivity contribution is -0.0279. The van der Waals surface area contributed by atoms with E-state index >= 15 is 0 Å². The van der Waals surface area contributed by atoms with Crippen molar-refractivity contribution in [2.45, 2.75) is 31.1 Å². The Hall–Kier alpha value is -3.33. The molecule has 3 aromatic rings. The highest BCUT2D eigenvalue weighted by molar-refractivity contribution is 6.30. The highest BCUT2D eigenvalue weighted by Crippen LogP contribution is 2.34. The molecule has 2 aliphatic rings. The monoisotopic (exact) mass is 509 g/mol. The normalized spacial score (nSPS) is 19.0. The number of H-pyrrole nitrogens is 1. The molecule has 188 valence electrons. The number of benzene rings is 2. The topological polar surface area (TPSA) is 104 Å². The summed E-state index contributed by atoms with van der Waals surface area (Å²) >= 11 is 5.97. The number of ether oxygens (including phenoxy) is 2. The molecule has 1 unspecified atom stereocenters. The third-order valence-electron chi connectivity index (χ3n) is 6.73. The smallest absolute Gasteiger partial charge is 0.261 e. The molecule has 0 aliphatic carbocycles. The van der Waals surface area contributed by atoms with Crippen molar-refractivity contribution in [3.8, 4) is 11.5 Å². The predicted molar refractivity (Wildman–Crippen MR) is 136 cm³/mol. The second-order valence-electron chi connectivity index (χ2n) is 9.25. The number of hydrogen-bond donors (Lipinski definition) is 3. The van der Waals surface area contributed by atoms with Crippen LogP contribution in [0.1, 0.15) is 34.5 Å². The zero-order chi connectivity index (χ0) is 25.1. The molecule has 1 atom stereocenters. The van der Waals surface area contributed by atoms with Crippen LogP contribution in [-0.2, 0) is 12.1 Å². The number of aromatic amines is 1. The molecule has 0 saturated carbocycles. The number of likely N-dealkylation sites (tertiary alicyclic amines) is 1. The lowest BCUT2D eigenvalue weighted by Gasteiger charge is -2.38. The first-order valence-electron chi connectivity index (χ1n) is 12.0. The summed E-state index contributed by atoms with van der Waals surface area (Å²) in [5, 5.41) is 14.5. The van der Waals surface area contributed by atoms with Crippen molar-refractivity contribution in [2.24, 2.45) is 0 Å². The first-order valence-corrected chi connectivity index (χ1v) is 12.4. The highest BCUT2D eigenvalue weighted by Gasteiger charge is 2.34. The third kappa shape index (κ3) is 5.41. The predicted octanol–water partition coefficient (Wildman–Crippen LogP) is 3.08. The summed E-state index contributed by atoms with van der Waals surface area (Å²) in [6.45, 7) is 2.42. The number of nitrogens with zero attached hydrogens (tertiary/aromatic N) is 1. The fourth-order valence-corrected chi connectivity index (χ4v) is 4.75. The van der Waals surface area contributed by atoms with Gasteiger partial charge in [0.15, 0.2) is 11.5 Å². The van der Waals surface area contributed by atoms with Crippen molar-refractivity contribution in [1.82, 2.24) is 15.2 Å². The number of aliphatic hydroxyl groups is 1. The van der Waals surface area contributed by atoms with Crippen LogP contribution >= 0.6 is 11.6 Å². The fourth-order valence-electron chi connectivity index (χ4n) is 4.62. The molecule has 36 heavy (non-hydrogen) atoms. The number of hydrogen-bond acceptors (Lipinski definition) is 6. The van der Waals surface area contributed by atoms with Crippen LogP contribution in [0.3, 0.4) is 0 Å². The Morgan fingerprint density at radius 3 is 2.53 bits per heavy atom. The number of carbonyl (C=O) groups excluding carboxylic acids is 1. The van der Waals surface area contributed by atoms with Crippen LogP contribution in [0.15, 0.2) is 65.5 Å². The summed E-state index contributed by atoms with van der Waals surface area (Å²) in [5.74, 6) is 0.848. The molecule has 3 heterocycles. The van der Waals surface area contributed by atoms with E-state index < -0.39 is 17.1 Å². The minimum atomic E-state index is -0.883. The molecule has 2 aliphatic heterocycles. The van der Waals surface area contributed by atoms with Crippen LogP contribution < -0.4 is 20.3 Å². The Bertz CT molecular complexity index is 1290. The van der Waals surface area contributed by atoms with Gasteiger partial charge < -0.3 is 24.9 Å². The van der Waals surface area contributed by atoms with Gasteiger partial charge in [0, 0.05) is 30.4 Å². The molecule has 3 N–H and O–H groups in total. The number of pyridine rings is 1. The number of aromatic nitrogens is 1. The molecule has 0 bridgehead atoms. The minimum Gasteiger partial charge on any atom is -0.486 e. The number of carbonyl (C=O) groups is 1. The van der Waals surface area contributed by atoms with Gasteiger partial charge in [0.2, 0.25) is 0 Å². The number of rotatable bonds is 6. The SMILES string of the molecule is O=C(NCC1COc2ccccc2O1)c1ccc(CN2CCC(O)(c3ccc(Cl)cc3)CC2)[nH]c1=O. The summed E-state index contributed by atoms with van der Waals surface area (Å²) in [5.41, 5.74) is 0.308. The molecule has 1 fully saturated rings. The van der Waals surface area contributed by atoms with Gasteiger partial charge in [-0.25, -0.2) is 0 Å². The Labute approximate surface area is 213 Å². The van der Waals surface area contributed by atoms with Gasteiger partial charge in [-0.2, -0.15) is 0 Å². The Kier molecular flexibility index (Phi) is 7.00. The molecule has 1 amide bonds. The first kappa shape index (κ1) is 24.4. The van der Waals surface area contributed by atoms with E-state index in [1.807, 2.05) is 36.4 Å². The minimum absolute atomic E-state index is 0.0478. The van der Waals surface area contributed by atoms with E-state index in [-0.39, 0.29) is 18.2 Å². The maximum absolute atomic E-state index is 12.6. The van der Waals surface area contributed by atoms with Gasteiger partial charge in [-0.3, -0.25) is 14.5 Å². The van der Waals surface area contributed by atoms with Crippen molar-refractivity contribution < 1.29 is 19.4 Å². The van der Waals surface area contributed by atoms with Crippen LogP contribution in [0.4, 0.5) is 0 Å². The lowest BCUT2D eigenvalue weighted by atomic mass is 9.84. The number of piperidine rings is 1. The zero-order valence-electron chi connectivity index (χ0n) is 19.7. The molecule has 5 rings (SSSR count). The molecular weight excluding hydrogens is 482 g/mol. The van der Waals surface area contributed by atoms with Gasteiger partial charge in [-0.05, 0) is 54.8 Å². The van der Waals surface area contributed by atoms with Gasteiger partial charge >= 0.3 is 0 Å². The average molecular weight is 510 g/mol. The quantitative estimate of drug-likeness (QED) is 0.472. The second kappa shape index (κ2) is 10.3. The van der Waals surface area contributed by atoms with Crippen molar-refractivity contribution >= 4 is 17.5 Å². The van der Waals surface area contributed by atoms with E-state index in [4.69, 9.17) is 21.1 Å². The standard InChI is InChI=1S/C27H28ClN3O5/c28-19-7-5-18(6-8-19)27(34)11-13-31(14-12-27)16-20-9-10-22(26(33)30-20)25(32)29-15-21-17-35-23-3-1-2-4-24(23)36-21/h1-10,21,34H,11-17H2,(H,29,32)(H,30,33). The van der Waals surface area contributed by atoms with Crippen molar-refractivity contribution in [1.29, 1.82) is 0 Å². The molecule has 9 heteroatoms. The van der Waals surface area contributed by atoms with E-state index in [0.717, 1.165) is 5.56 Å². The Balaban J connectivity index is 1.13. The Morgan fingerprint density at radius 2 is 1.81 bits per heavy atom. The average Bonchev–Trinajstić information content (AvgIpc) is 2.89. The number of para-hydroxylation sites is 2. The van der Waals surface area contributed by atoms with Crippen LogP contribution in [0.25, 0.3) is 0 Å². The molecule has 8 nitrogen and oxygen atoms in total. The van der Waals surface area contributed by atoms with Crippen LogP contribution in [0.5, 0.6) is 11.5 Å². The lowest BCUT2D eigenvalue weighted by Crippen LogP contribution is -2.43. The van der Waals surface area contributed by atoms with Crippen molar-refractivity contribution in [3.63, 3.8) is 0 Å². The largest absolute Gasteiger partial charge is 0.486 e. The van der Waals surface area contributed by atoms with Gasteiger partial charge in [-0.15, -0.1) is 0 Å². The van der Waals surface area contributed by atoms with Crippen LogP contribution in [0, 0.1) is 0 Å². The summed E-state index contributed by atoms with van der Waals surface area (Å²) in [4.78, 5) is 30.2. The molecule has 0 spiro atoms. The summed E-state index contributed by atoms with van der Waals surface area (Å²) in [7, 11) is 0. The van der Waals surface area contributed by atoms with E-state index in [1.54, 1.807) is 24.3 Å². The zero-order valence-corrected chi connectivity index (χ0v) is 20.5. The number of fused-ring (bicyclic) bond motifs is 1. The second-order valence-corrected chi connectivity index (χ2v) is 9.69. The highest BCUT2D eigenvalue weighted by atomic mass is 35.5. The maximum Gasteiger partial charge on any atom is 0.261 e. The first-order chi connectivity index (χ1) is 17.4. The molecular formula is C27H28ClN3O5. The molecule has 1 aromatic heterocycles. The van der Waals surface area contributed by atoms with Gasteiger partial charge in [0.1, 0.15) is 18.3 Å². The van der Waals surface area contributed by atoms with Crippen molar-refractivity contribution in [2.75, 3.05) is 26.2 Å². The summed E-state index contributed by atoms with van der Waals surface area (Å²) in [6.07, 6.45) is 0.820. The molecule has 1 saturated heterocycles. The van der Waals surface area contributed by atoms with Crippen molar-refractivity contribution in [3.05, 3.63) is 92.9 Å². The third-order valence-corrected chi connectivity index (χ3v) is 6.98.